The van der Waals surface area contributed by atoms with Crippen molar-refractivity contribution in [2.75, 3.05) is 41.3 Å². The number of rotatable bonds is 13. The number of nitrogens with zero attached hydrogens (tertiary/aromatic N) is 2. The van der Waals surface area contributed by atoms with Gasteiger partial charge in [-0.05, 0) is 96.7 Å². The van der Waals surface area contributed by atoms with Gasteiger partial charge >= 0.3 is 0 Å². The van der Waals surface area contributed by atoms with Crippen LogP contribution >= 0.6 is 0 Å². The van der Waals surface area contributed by atoms with Gasteiger partial charge in [-0.2, -0.15) is 0 Å². The average molecular weight is 591 g/mol. The Balaban J connectivity index is -0.000000224. The summed E-state index contributed by atoms with van der Waals surface area (Å²) in [6, 6.07) is 2.41. The minimum absolute atomic E-state index is 0.0221. The summed E-state index contributed by atoms with van der Waals surface area (Å²) in [6.07, 6.45) is 0. The molecule has 8 unspecified atom stereocenters. The van der Waals surface area contributed by atoms with Crippen LogP contribution in [0.3, 0.4) is 0 Å². The third-order valence-corrected chi connectivity index (χ3v) is 6.96. The van der Waals surface area contributed by atoms with Crippen molar-refractivity contribution in [2.45, 2.75) is 138 Å². The Labute approximate surface area is 253 Å². The molecule has 0 heterocycles. The van der Waals surface area contributed by atoms with E-state index in [2.05, 4.69) is 106 Å². The van der Waals surface area contributed by atoms with Crippen molar-refractivity contribution in [3.8, 4) is 0 Å². The van der Waals surface area contributed by atoms with Crippen molar-refractivity contribution in [3.05, 3.63) is 0 Å². The topological polar surface area (TPSA) is 144 Å². The molecule has 0 aromatic rings. The van der Waals surface area contributed by atoms with E-state index in [4.69, 9.17) is 5.73 Å². The summed E-state index contributed by atoms with van der Waals surface area (Å²) < 4.78 is 0. The molecule has 248 valence electrons. The molecule has 0 aliphatic heterocycles. The largest absolute Gasteiger partial charge is 0.352 e. The predicted molar refractivity (Wildman–Crippen MR) is 176 cm³/mol. The van der Waals surface area contributed by atoms with E-state index in [0.29, 0.717) is 24.2 Å². The molecule has 11 nitrogen and oxygen atoms in total. The smallest absolute Gasteiger partial charge is 0.217 e. The maximum absolute atomic E-state index is 10.6. The van der Waals surface area contributed by atoms with Crippen LogP contribution < -0.4 is 32.3 Å². The van der Waals surface area contributed by atoms with Gasteiger partial charge in [-0.25, -0.2) is 0 Å². The normalized spacial score (nSPS) is 16.4. The molecule has 0 fully saturated rings. The average Bonchev–Trinajstić information content (AvgIpc) is 2.83. The lowest BCUT2D eigenvalue weighted by atomic mass is 10.1. The lowest BCUT2D eigenvalue weighted by Gasteiger charge is -2.31. The SMILES string of the molecule is CC(=O)NC(C)C(C)N.CC(=O)NC(C)C(C)NC(C)=O.CC(C(C)N(C)C)N(C)C.CCNC(C)C(C)NCC. The van der Waals surface area contributed by atoms with Crippen molar-refractivity contribution in [2.24, 2.45) is 5.73 Å². The Morgan fingerprint density at radius 3 is 0.927 bits per heavy atom. The van der Waals surface area contributed by atoms with Crippen molar-refractivity contribution in [1.82, 2.24) is 36.4 Å². The Hall–Kier alpha value is -1.79. The first-order valence-corrected chi connectivity index (χ1v) is 15.0. The molecule has 41 heavy (non-hydrogen) atoms. The van der Waals surface area contributed by atoms with E-state index in [0.717, 1.165) is 13.1 Å². The van der Waals surface area contributed by atoms with E-state index in [-0.39, 0.29) is 41.9 Å². The zero-order valence-corrected chi connectivity index (χ0v) is 29.7. The second-order valence-corrected chi connectivity index (χ2v) is 11.4. The zero-order chi connectivity index (χ0) is 33.5. The van der Waals surface area contributed by atoms with Crippen molar-refractivity contribution in [3.63, 3.8) is 0 Å². The van der Waals surface area contributed by atoms with Gasteiger partial charge in [0.2, 0.25) is 17.7 Å². The van der Waals surface area contributed by atoms with Crippen LogP contribution in [0, 0.1) is 0 Å². The molecule has 7 N–H and O–H groups in total. The molecule has 0 radical (unpaired) electrons. The van der Waals surface area contributed by atoms with Gasteiger partial charge in [-0.15, -0.1) is 0 Å². The van der Waals surface area contributed by atoms with Crippen LogP contribution in [-0.4, -0.2) is 117 Å². The molecule has 0 aliphatic carbocycles. The number of nitrogens with two attached hydrogens (primary N) is 1. The summed E-state index contributed by atoms with van der Waals surface area (Å²) in [5, 5.41) is 14.8. The Morgan fingerprint density at radius 1 is 0.537 bits per heavy atom. The van der Waals surface area contributed by atoms with Gasteiger partial charge in [0.1, 0.15) is 0 Å². The van der Waals surface area contributed by atoms with Crippen molar-refractivity contribution < 1.29 is 14.4 Å². The number of carbonyl (C=O) groups excluding carboxylic acids is 3. The molecule has 0 aliphatic rings. The molecule has 0 aromatic carbocycles. The van der Waals surface area contributed by atoms with Gasteiger partial charge in [0.05, 0.1) is 0 Å². The van der Waals surface area contributed by atoms with Gasteiger partial charge in [-0.1, -0.05) is 13.8 Å². The minimum atomic E-state index is -0.0836. The highest BCUT2D eigenvalue weighted by molar-refractivity contribution is 5.74. The highest BCUT2D eigenvalue weighted by Crippen LogP contribution is 2.03. The fourth-order valence-corrected chi connectivity index (χ4v) is 3.20. The van der Waals surface area contributed by atoms with Crippen molar-refractivity contribution >= 4 is 17.7 Å². The lowest BCUT2D eigenvalue weighted by Crippen LogP contribution is -2.47. The van der Waals surface area contributed by atoms with Crippen LogP contribution in [0.15, 0.2) is 0 Å². The van der Waals surface area contributed by atoms with Crippen LogP contribution in [0.5, 0.6) is 0 Å². The van der Waals surface area contributed by atoms with Crippen LogP contribution in [0.2, 0.25) is 0 Å². The second kappa shape index (κ2) is 27.1. The minimum Gasteiger partial charge on any atom is -0.352 e. The van der Waals surface area contributed by atoms with Crippen LogP contribution in [0.4, 0.5) is 0 Å². The maximum Gasteiger partial charge on any atom is 0.217 e. The number of nitrogens with one attached hydrogen (secondary N) is 5. The fourth-order valence-electron chi connectivity index (χ4n) is 3.20. The van der Waals surface area contributed by atoms with E-state index in [1.165, 1.54) is 20.8 Å². The van der Waals surface area contributed by atoms with Crippen LogP contribution in [-0.2, 0) is 14.4 Å². The first kappa shape index (κ1) is 46.2. The summed E-state index contributed by atoms with van der Waals surface area (Å²) in [5.41, 5.74) is 5.47. The van der Waals surface area contributed by atoms with Gasteiger partial charge in [-0.3, -0.25) is 14.4 Å². The molecule has 0 aromatic heterocycles. The number of likely N-dealkylation sites (N-methyl/N-ethyl adjacent to an activating group) is 4. The van der Waals surface area contributed by atoms with Gasteiger partial charge in [0.25, 0.3) is 0 Å². The van der Waals surface area contributed by atoms with E-state index in [9.17, 15) is 14.4 Å². The van der Waals surface area contributed by atoms with E-state index < -0.39 is 0 Å². The molecule has 3 amide bonds. The van der Waals surface area contributed by atoms with E-state index >= 15 is 0 Å². The summed E-state index contributed by atoms with van der Waals surface area (Å²) in [5.74, 6) is -0.195. The van der Waals surface area contributed by atoms with Crippen LogP contribution in [0.25, 0.3) is 0 Å². The van der Waals surface area contributed by atoms with E-state index in [1.54, 1.807) is 0 Å². The summed E-state index contributed by atoms with van der Waals surface area (Å²) in [6.45, 7) is 27.1. The second-order valence-electron chi connectivity index (χ2n) is 11.4. The lowest BCUT2D eigenvalue weighted by molar-refractivity contribution is -0.122. The first-order valence-electron chi connectivity index (χ1n) is 15.0. The summed E-state index contributed by atoms with van der Waals surface area (Å²) in [7, 11) is 8.46. The van der Waals surface area contributed by atoms with Crippen LogP contribution in [0.1, 0.15) is 90.0 Å². The predicted octanol–water partition coefficient (Wildman–Crippen LogP) is 1.76. The number of hydrogen-bond donors (Lipinski definition) is 6. The molecule has 0 saturated carbocycles. The molecule has 8 atom stereocenters. The van der Waals surface area contributed by atoms with E-state index in [1.807, 2.05) is 27.7 Å². The van der Waals surface area contributed by atoms with Gasteiger partial charge < -0.3 is 42.1 Å². The van der Waals surface area contributed by atoms with Crippen molar-refractivity contribution in [1.29, 1.82) is 0 Å². The number of hydrogen-bond acceptors (Lipinski definition) is 8. The molecular formula is C30H70N8O3. The molecule has 11 heteroatoms. The number of carbonyl (C=O) groups is 3. The molecule has 0 bridgehead atoms. The van der Waals surface area contributed by atoms with Gasteiger partial charge in [0, 0.05) is 69.1 Å². The highest BCUT2D eigenvalue weighted by Gasteiger charge is 2.15. The Morgan fingerprint density at radius 2 is 0.780 bits per heavy atom. The fraction of sp³-hybridized carbons (Fsp3) is 0.900. The zero-order valence-electron chi connectivity index (χ0n) is 29.7. The molecule has 0 saturated heterocycles. The summed E-state index contributed by atoms with van der Waals surface area (Å²) >= 11 is 0. The third kappa shape index (κ3) is 31.0. The third-order valence-electron chi connectivity index (χ3n) is 6.96. The molecule has 0 spiro atoms. The summed E-state index contributed by atoms with van der Waals surface area (Å²) in [4.78, 5) is 36.1. The molecular weight excluding hydrogens is 520 g/mol. The number of amides is 3. The quantitative estimate of drug-likeness (QED) is 0.190. The Bertz CT molecular complexity index is 620. The first-order chi connectivity index (χ1) is 18.6. The monoisotopic (exact) mass is 591 g/mol. The highest BCUT2D eigenvalue weighted by atomic mass is 16.2. The van der Waals surface area contributed by atoms with Gasteiger partial charge in [0.15, 0.2) is 0 Å². The maximum atomic E-state index is 10.6. The molecule has 0 rings (SSSR count). The standard InChI is InChI=1S/C8H16N2O2.2C8H20N2.C6H14N2O/c1-5(9-7(3)11)6(2)10-8(4)12;1-7(9(3)4)8(2)10(5)6;1-5-9-7(3)8(4)10-6-2;1-4(7)5(2)8-6(3)9/h5-6H,1-4H3,(H,9,11)(H,10,12);7-8H,1-6H3;7-10H,5-6H2,1-4H3;4-5H,7H2,1-3H3,(H,8,9). The Kier molecular flexibility index (Phi) is 30.5.